The Morgan fingerprint density at radius 1 is 1.19 bits per heavy atom. The summed E-state index contributed by atoms with van der Waals surface area (Å²) in [6, 6.07) is 8.27. The number of fused-ring (bicyclic) bond motifs is 3. The monoisotopic (exact) mass is 357 g/mol. The van der Waals surface area contributed by atoms with Crippen LogP contribution in [0.2, 0.25) is 0 Å². The molecule has 1 aliphatic heterocycles. The minimum atomic E-state index is -0.153. The van der Waals surface area contributed by atoms with Crippen LogP contribution in [0.3, 0.4) is 0 Å². The van der Waals surface area contributed by atoms with Gasteiger partial charge in [0.15, 0.2) is 0 Å². The molecule has 0 spiro atoms. The Balaban J connectivity index is 1.40. The quantitative estimate of drug-likeness (QED) is 0.589. The zero-order chi connectivity index (χ0) is 18.4. The number of aromatic nitrogens is 1. The van der Waals surface area contributed by atoms with Crippen LogP contribution in [0.15, 0.2) is 24.3 Å². The van der Waals surface area contributed by atoms with Gasteiger partial charge in [-0.15, -0.1) is 0 Å². The summed E-state index contributed by atoms with van der Waals surface area (Å²) in [4.78, 5) is 28.8. The molecule has 0 bridgehead atoms. The smallest absolute Gasteiger partial charge is 0.317 e. The third-order valence-corrected chi connectivity index (χ3v) is 4.98. The third kappa shape index (κ3) is 4.36. The minimum Gasteiger partial charge on any atom is -0.469 e. The molecule has 2 heterocycles. The average molecular weight is 357 g/mol. The van der Waals surface area contributed by atoms with E-state index < -0.39 is 0 Å². The fourth-order valence-electron chi connectivity index (χ4n) is 3.50. The summed E-state index contributed by atoms with van der Waals surface area (Å²) in [6.45, 7) is 2.07. The van der Waals surface area contributed by atoms with E-state index in [1.165, 1.54) is 23.8 Å². The number of hydrogen-bond donors (Lipinski definition) is 2. The Hall–Kier alpha value is -2.50. The lowest BCUT2D eigenvalue weighted by Gasteiger charge is -2.27. The molecule has 0 unspecified atom stereocenters. The van der Waals surface area contributed by atoms with Gasteiger partial charge in [0.2, 0.25) is 0 Å². The van der Waals surface area contributed by atoms with Crippen LogP contribution in [-0.4, -0.2) is 42.1 Å². The van der Waals surface area contributed by atoms with E-state index in [0.29, 0.717) is 19.5 Å². The fourth-order valence-corrected chi connectivity index (χ4v) is 3.50. The van der Waals surface area contributed by atoms with E-state index in [9.17, 15) is 9.59 Å². The molecule has 2 aromatic rings. The number of amides is 2. The lowest BCUT2D eigenvalue weighted by molar-refractivity contribution is -0.140. The zero-order valence-electron chi connectivity index (χ0n) is 15.3. The molecule has 2 amide bonds. The number of methoxy groups -OCH3 is 1. The molecule has 1 aliphatic rings. The van der Waals surface area contributed by atoms with Crippen LogP contribution in [0.5, 0.6) is 0 Å². The number of carbonyl (C=O) groups excluding carboxylic acids is 2. The number of aromatic amines is 1. The lowest BCUT2D eigenvalue weighted by atomic mass is 10.0. The van der Waals surface area contributed by atoms with Crippen molar-refractivity contribution < 1.29 is 14.3 Å². The molecule has 6 heteroatoms. The van der Waals surface area contributed by atoms with Crippen molar-refractivity contribution in [3.05, 3.63) is 35.5 Å². The van der Waals surface area contributed by atoms with Gasteiger partial charge in [0.05, 0.1) is 7.11 Å². The fraction of sp³-hybridized carbons (Fsp3) is 0.500. The van der Waals surface area contributed by atoms with Gasteiger partial charge < -0.3 is 19.9 Å². The van der Waals surface area contributed by atoms with Crippen molar-refractivity contribution in [2.75, 3.05) is 20.2 Å². The maximum Gasteiger partial charge on any atom is 0.317 e. The maximum atomic E-state index is 12.4. The van der Waals surface area contributed by atoms with E-state index in [2.05, 4.69) is 27.2 Å². The predicted molar refractivity (Wildman–Crippen MR) is 101 cm³/mol. The molecule has 0 aliphatic carbocycles. The van der Waals surface area contributed by atoms with E-state index in [1.807, 2.05) is 17.0 Å². The van der Waals surface area contributed by atoms with Gasteiger partial charge in [-0.1, -0.05) is 31.0 Å². The molecule has 1 aromatic heterocycles. The van der Waals surface area contributed by atoms with Crippen LogP contribution in [0.1, 0.15) is 43.4 Å². The number of carbonyl (C=O) groups is 2. The normalized spacial score (nSPS) is 13.5. The molecule has 0 atom stereocenters. The first-order valence-corrected chi connectivity index (χ1v) is 9.37. The van der Waals surface area contributed by atoms with E-state index in [1.54, 1.807) is 0 Å². The number of unbranched alkanes of at least 4 members (excludes halogenated alkanes) is 3. The highest BCUT2D eigenvalue weighted by molar-refractivity contribution is 5.85. The van der Waals surface area contributed by atoms with Crippen molar-refractivity contribution >= 4 is 22.9 Å². The third-order valence-electron chi connectivity index (χ3n) is 4.98. The number of urea groups is 1. The Morgan fingerprint density at radius 2 is 2.00 bits per heavy atom. The number of nitrogens with one attached hydrogen (secondary N) is 2. The van der Waals surface area contributed by atoms with Gasteiger partial charge in [0.25, 0.3) is 0 Å². The van der Waals surface area contributed by atoms with Crippen LogP contribution in [0.25, 0.3) is 10.9 Å². The van der Waals surface area contributed by atoms with Gasteiger partial charge in [-0.25, -0.2) is 4.79 Å². The van der Waals surface area contributed by atoms with Gasteiger partial charge in [-0.3, -0.25) is 4.79 Å². The first-order valence-electron chi connectivity index (χ1n) is 9.37. The van der Waals surface area contributed by atoms with Crippen molar-refractivity contribution in [3.63, 3.8) is 0 Å². The van der Waals surface area contributed by atoms with Gasteiger partial charge in [-0.2, -0.15) is 0 Å². The Kier molecular flexibility index (Phi) is 6.15. The maximum absolute atomic E-state index is 12.4. The highest BCUT2D eigenvalue weighted by Gasteiger charge is 2.23. The van der Waals surface area contributed by atoms with Gasteiger partial charge >= 0.3 is 12.0 Å². The van der Waals surface area contributed by atoms with E-state index in [0.717, 1.165) is 44.2 Å². The summed E-state index contributed by atoms with van der Waals surface area (Å²) in [6.07, 6.45) is 5.10. The van der Waals surface area contributed by atoms with E-state index in [4.69, 9.17) is 0 Å². The molecule has 0 saturated heterocycles. The lowest BCUT2D eigenvalue weighted by Crippen LogP contribution is -2.42. The molecule has 1 aromatic carbocycles. The van der Waals surface area contributed by atoms with Crippen LogP contribution in [-0.2, 0) is 22.5 Å². The number of hydrogen-bond acceptors (Lipinski definition) is 3. The summed E-state index contributed by atoms with van der Waals surface area (Å²) >= 11 is 0. The van der Waals surface area contributed by atoms with Crippen LogP contribution in [0, 0.1) is 0 Å². The van der Waals surface area contributed by atoms with Crippen LogP contribution in [0.4, 0.5) is 4.79 Å². The number of nitrogens with zero attached hydrogens (tertiary/aromatic N) is 1. The van der Waals surface area contributed by atoms with Crippen molar-refractivity contribution in [2.24, 2.45) is 0 Å². The SMILES string of the molecule is COC(=O)CCCCCCNC(=O)N1CCc2[nH]c3ccccc3c2C1. The van der Waals surface area contributed by atoms with Gasteiger partial charge in [0, 0.05) is 54.6 Å². The van der Waals surface area contributed by atoms with Gasteiger partial charge in [-0.05, 0) is 18.9 Å². The summed E-state index contributed by atoms with van der Waals surface area (Å²) in [5.74, 6) is -0.153. The van der Waals surface area contributed by atoms with E-state index in [-0.39, 0.29) is 12.0 Å². The minimum absolute atomic E-state index is 0.00971. The van der Waals surface area contributed by atoms with Crippen LogP contribution < -0.4 is 5.32 Å². The molecule has 140 valence electrons. The van der Waals surface area contributed by atoms with Gasteiger partial charge in [0.1, 0.15) is 0 Å². The van der Waals surface area contributed by atoms with E-state index >= 15 is 0 Å². The van der Waals surface area contributed by atoms with Crippen molar-refractivity contribution in [3.8, 4) is 0 Å². The zero-order valence-corrected chi connectivity index (χ0v) is 15.3. The Bertz CT molecular complexity index is 769. The molecule has 0 radical (unpaired) electrons. The number of esters is 1. The van der Waals surface area contributed by atoms with Crippen molar-refractivity contribution in [1.82, 2.24) is 15.2 Å². The largest absolute Gasteiger partial charge is 0.469 e. The molecular formula is C20H27N3O3. The molecule has 0 fully saturated rings. The average Bonchev–Trinajstić information content (AvgIpc) is 3.04. The van der Waals surface area contributed by atoms with Crippen molar-refractivity contribution in [2.45, 2.75) is 45.1 Å². The second kappa shape index (κ2) is 8.74. The molecule has 2 N–H and O–H groups in total. The summed E-state index contributed by atoms with van der Waals surface area (Å²) in [5, 5.41) is 4.23. The standard InChI is InChI=1S/C20H27N3O3/c1-26-19(24)10-4-2-3-7-12-21-20(25)23-13-11-18-16(14-23)15-8-5-6-9-17(15)22-18/h5-6,8-9,22H,2-4,7,10-14H2,1H3,(H,21,25). The first-order chi connectivity index (χ1) is 12.7. The summed E-state index contributed by atoms with van der Waals surface area (Å²) in [5.41, 5.74) is 3.64. The molecule has 3 rings (SSSR count). The summed E-state index contributed by atoms with van der Waals surface area (Å²) < 4.78 is 4.62. The number of benzene rings is 1. The number of H-pyrrole nitrogens is 1. The molecule has 0 saturated carbocycles. The second-order valence-corrected chi connectivity index (χ2v) is 6.77. The highest BCUT2D eigenvalue weighted by Crippen LogP contribution is 2.27. The first kappa shape index (κ1) is 18.3. The predicted octanol–water partition coefficient (Wildman–Crippen LogP) is 3.36. The Morgan fingerprint density at radius 3 is 2.85 bits per heavy atom. The number of para-hydroxylation sites is 1. The van der Waals surface area contributed by atoms with Crippen LogP contribution >= 0.6 is 0 Å². The summed E-state index contributed by atoms with van der Waals surface area (Å²) in [7, 11) is 1.41. The Labute approximate surface area is 153 Å². The number of rotatable bonds is 7. The topological polar surface area (TPSA) is 74.4 Å². The second-order valence-electron chi connectivity index (χ2n) is 6.77. The molecular weight excluding hydrogens is 330 g/mol. The van der Waals surface area contributed by atoms with Crippen molar-refractivity contribution in [1.29, 1.82) is 0 Å². The molecule has 6 nitrogen and oxygen atoms in total. The molecule has 26 heavy (non-hydrogen) atoms. The highest BCUT2D eigenvalue weighted by atomic mass is 16.5. The number of ether oxygens (including phenoxy) is 1.